The van der Waals surface area contributed by atoms with E-state index >= 15 is 0 Å². The SMILES string of the molecule is CC(NC(=O)OCC1c2ccccc2-c2ccccc21)C(C)C(=O)NC1(CC(=O)O)CCN(Cc2ccccc2)CC1. The number of benzene rings is 3. The van der Waals surface area contributed by atoms with Crippen LogP contribution in [0.4, 0.5) is 4.79 Å². The van der Waals surface area contributed by atoms with E-state index in [4.69, 9.17) is 4.74 Å². The number of carboxylic acid groups (broad SMARTS) is 1. The van der Waals surface area contributed by atoms with Crippen molar-refractivity contribution in [3.05, 3.63) is 95.6 Å². The molecule has 1 aliphatic heterocycles. The van der Waals surface area contributed by atoms with Gasteiger partial charge in [-0.3, -0.25) is 14.5 Å². The van der Waals surface area contributed by atoms with E-state index in [1.54, 1.807) is 13.8 Å². The summed E-state index contributed by atoms with van der Waals surface area (Å²) >= 11 is 0. The van der Waals surface area contributed by atoms with Crippen molar-refractivity contribution in [3.8, 4) is 11.1 Å². The molecule has 220 valence electrons. The summed E-state index contributed by atoms with van der Waals surface area (Å²) in [4.78, 5) is 40.2. The van der Waals surface area contributed by atoms with Gasteiger partial charge in [-0.15, -0.1) is 0 Å². The first-order valence-electron chi connectivity index (χ1n) is 14.7. The van der Waals surface area contributed by atoms with E-state index in [0.717, 1.165) is 28.8 Å². The monoisotopic (exact) mass is 569 g/mol. The van der Waals surface area contributed by atoms with E-state index in [1.165, 1.54) is 5.56 Å². The minimum atomic E-state index is -0.940. The summed E-state index contributed by atoms with van der Waals surface area (Å²) < 4.78 is 5.66. The lowest BCUT2D eigenvalue weighted by atomic mass is 9.83. The number of rotatable bonds is 10. The average Bonchev–Trinajstić information content (AvgIpc) is 3.30. The summed E-state index contributed by atoms with van der Waals surface area (Å²) in [7, 11) is 0. The first-order chi connectivity index (χ1) is 20.2. The molecule has 2 amide bonds. The lowest BCUT2D eigenvalue weighted by molar-refractivity contribution is -0.140. The van der Waals surface area contributed by atoms with Gasteiger partial charge in [0.15, 0.2) is 0 Å². The van der Waals surface area contributed by atoms with Crippen LogP contribution in [0.25, 0.3) is 11.1 Å². The lowest BCUT2D eigenvalue weighted by Gasteiger charge is -2.42. The number of hydrogen-bond acceptors (Lipinski definition) is 5. The number of carbonyl (C=O) groups excluding carboxylic acids is 2. The van der Waals surface area contributed by atoms with E-state index in [-0.39, 0.29) is 24.9 Å². The minimum Gasteiger partial charge on any atom is -0.481 e. The van der Waals surface area contributed by atoms with Crippen molar-refractivity contribution < 1.29 is 24.2 Å². The summed E-state index contributed by atoms with van der Waals surface area (Å²) in [5.74, 6) is -1.86. The number of aliphatic carboxylic acids is 1. The van der Waals surface area contributed by atoms with E-state index in [2.05, 4.69) is 51.9 Å². The molecule has 0 saturated carbocycles. The molecular formula is C34H39N3O5. The summed E-state index contributed by atoms with van der Waals surface area (Å²) in [6, 6.07) is 25.9. The fourth-order valence-electron chi connectivity index (χ4n) is 6.17. The van der Waals surface area contributed by atoms with Gasteiger partial charge in [-0.1, -0.05) is 85.8 Å². The van der Waals surface area contributed by atoms with Crippen LogP contribution in [-0.4, -0.2) is 59.3 Å². The summed E-state index contributed by atoms with van der Waals surface area (Å²) in [5.41, 5.74) is 4.95. The Morgan fingerprint density at radius 1 is 0.905 bits per heavy atom. The number of piperidine rings is 1. The highest BCUT2D eigenvalue weighted by molar-refractivity contribution is 5.82. The van der Waals surface area contributed by atoms with Crippen LogP contribution in [0.15, 0.2) is 78.9 Å². The van der Waals surface area contributed by atoms with Gasteiger partial charge in [-0.05, 0) is 47.6 Å². The molecule has 3 aromatic carbocycles. The van der Waals surface area contributed by atoms with Crippen LogP contribution < -0.4 is 10.6 Å². The molecule has 1 saturated heterocycles. The van der Waals surface area contributed by atoms with Crippen molar-refractivity contribution in [1.82, 2.24) is 15.5 Å². The summed E-state index contributed by atoms with van der Waals surface area (Å²) in [5, 5.41) is 15.5. The first-order valence-corrected chi connectivity index (χ1v) is 14.7. The second-order valence-corrected chi connectivity index (χ2v) is 11.6. The fourth-order valence-corrected chi connectivity index (χ4v) is 6.17. The van der Waals surface area contributed by atoms with E-state index in [0.29, 0.717) is 25.9 Å². The summed E-state index contributed by atoms with van der Waals surface area (Å²) in [6.45, 7) is 5.85. The molecule has 2 aliphatic rings. The second-order valence-electron chi connectivity index (χ2n) is 11.6. The number of fused-ring (bicyclic) bond motifs is 3. The summed E-state index contributed by atoms with van der Waals surface area (Å²) in [6.07, 6.45) is 0.356. The van der Waals surface area contributed by atoms with Crippen LogP contribution in [0, 0.1) is 5.92 Å². The van der Waals surface area contributed by atoms with E-state index in [9.17, 15) is 19.5 Å². The molecule has 1 heterocycles. The number of hydrogen-bond donors (Lipinski definition) is 3. The molecular weight excluding hydrogens is 530 g/mol. The highest BCUT2D eigenvalue weighted by Crippen LogP contribution is 2.44. The molecule has 1 aliphatic carbocycles. The van der Waals surface area contributed by atoms with Crippen LogP contribution in [0.1, 0.15) is 55.7 Å². The lowest BCUT2D eigenvalue weighted by Crippen LogP contribution is -2.58. The smallest absolute Gasteiger partial charge is 0.407 e. The zero-order chi connectivity index (χ0) is 29.7. The average molecular weight is 570 g/mol. The zero-order valence-corrected chi connectivity index (χ0v) is 24.2. The Hall–Kier alpha value is -4.17. The maximum absolute atomic E-state index is 13.3. The molecule has 42 heavy (non-hydrogen) atoms. The van der Waals surface area contributed by atoms with Crippen LogP contribution >= 0.6 is 0 Å². The number of nitrogens with one attached hydrogen (secondary N) is 2. The zero-order valence-electron chi connectivity index (χ0n) is 24.2. The number of ether oxygens (including phenoxy) is 1. The van der Waals surface area contributed by atoms with Gasteiger partial charge in [0.25, 0.3) is 0 Å². The van der Waals surface area contributed by atoms with Gasteiger partial charge in [-0.2, -0.15) is 0 Å². The van der Waals surface area contributed by atoms with Gasteiger partial charge in [-0.25, -0.2) is 4.79 Å². The quantitative estimate of drug-likeness (QED) is 0.311. The Labute approximate surface area is 247 Å². The number of nitrogens with zero attached hydrogens (tertiary/aromatic N) is 1. The van der Waals surface area contributed by atoms with Crippen LogP contribution in [0.2, 0.25) is 0 Å². The molecule has 0 bridgehead atoms. The van der Waals surface area contributed by atoms with Gasteiger partial charge in [0, 0.05) is 31.6 Å². The van der Waals surface area contributed by atoms with Crippen molar-refractivity contribution in [3.63, 3.8) is 0 Å². The van der Waals surface area contributed by atoms with Gasteiger partial charge in [0.1, 0.15) is 6.61 Å². The maximum Gasteiger partial charge on any atom is 0.407 e. The molecule has 8 heteroatoms. The molecule has 2 atom stereocenters. The third kappa shape index (κ3) is 6.65. The fraction of sp³-hybridized carbons (Fsp3) is 0.382. The van der Waals surface area contributed by atoms with Crippen LogP contribution in [0.3, 0.4) is 0 Å². The molecule has 5 rings (SSSR count). The van der Waals surface area contributed by atoms with Gasteiger partial charge >= 0.3 is 12.1 Å². The largest absolute Gasteiger partial charge is 0.481 e. The van der Waals surface area contributed by atoms with Gasteiger partial charge in [0.2, 0.25) is 5.91 Å². The number of likely N-dealkylation sites (tertiary alicyclic amines) is 1. The minimum absolute atomic E-state index is 0.0530. The van der Waals surface area contributed by atoms with E-state index in [1.807, 2.05) is 42.5 Å². The first kappa shape index (κ1) is 29.3. The van der Waals surface area contributed by atoms with Crippen molar-refractivity contribution in [2.75, 3.05) is 19.7 Å². The topological polar surface area (TPSA) is 108 Å². The molecule has 8 nitrogen and oxygen atoms in total. The van der Waals surface area contributed by atoms with Crippen molar-refractivity contribution in [1.29, 1.82) is 0 Å². The molecule has 3 aromatic rings. The Balaban J connectivity index is 1.14. The molecule has 1 fully saturated rings. The van der Waals surface area contributed by atoms with Crippen LogP contribution in [0.5, 0.6) is 0 Å². The molecule has 0 aromatic heterocycles. The number of carbonyl (C=O) groups is 3. The normalized spacial score (nSPS) is 17.4. The predicted octanol–water partition coefficient (Wildman–Crippen LogP) is 5.18. The number of amides is 2. The number of alkyl carbamates (subject to hydrolysis) is 1. The molecule has 2 unspecified atom stereocenters. The molecule has 0 spiro atoms. The third-order valence-electron chi connectivity index (χ3n) is 8.79. The van der Waals surface area contributed by atoms with Gasteiger partial charge in [0.05, 0.1) is 17.9 Å². The van der Waals surface area contributed by atoms with Crippen LogP contribution in [-0.2, 0) is 20.9 Å². The Morgan fingerprint density at radius 2 is 1.48 bits per heavy atom. The Kier molecular flexibility index (Phi) is 8.92. The third-order valence-corrected chi connectivity index (χ3v) is 8.79. The van der Waals surface area contributed by atoms with E-state index < -0.39 is 29.6 Å². The van der Waals surface area contributed by atoms with Crippen molar-refractivity contribution >= 4 is 18.0 Å². The van der Waals surface area contributed by atoms with Gasteiger partial charge < -0.3 is 20.5 Å². The highest BCUT2D eigenvalue weighted by atomic mass is 16.5. The number of carboxylic acids is 1. The van der Waals surface area contributed by atoms with Crippen molar-refractivity contribution in [2.24, 2.45) is 5.92 Å². The maximum atomic E-state index is 13.3. The molecule has 3 N–H and O–H groups in total. The predicted molar refractivity (Wildman–Crippen MR) is 161 cm³/mol. The Morgan fingerprint density at radius 3 is 2.07 bits per heavy atom. The Bertz CT molecular complexity index is 1370. The molecule has 0 radical (unpaired) electrons. The standard InChI is InChI=1S/C34H39N3O5/c1-23(32(40)36-34(20-31(38)39)16-18-37(19-17-34)21-25-10-4-3-5-11-25)24(2)35-33(41)42-22-30-28-14-8-6-12-26(28)27-13-7-9-15-29(27)30/h3-15,23-24,30H,16-22H2,1-2H3,(H,35,41)(H,36,40)(H,38,39). The van der Waals surface area contributed by atoms with Crippen molar-refractivity contribution in [2.45, 2.75) is 57.2 Å². The second kappa shape index (κ2) is 12.8. The highest BCUT2D eigenvalue weighted by Gasteiger charge is 2.39.